The minimum Gasteiger partial charge on any atom is -0.481 e. The zero-order valence-corrected chi connectivity index (χ0v) is 24.3. The van der Waals surface area contributed by atoms with Gasteiger partial charge in [0.25, 0.3) is 0 Å². The Morgan fingerprint density at radius 1 is 0.892 bits per heavy atom. The summed E-state index contributed by atoms with van der Waals surface area (Å²) in [5.41, 5.74) is 1.33. The lowest BCUT2D eigenvalue weighted by molar-refractivity contribution is -0.231. The van der Waals surface area contributed by atoms with Crippen molar-refractivity contribution in [2.24, 2.45) is 50.2 Å². The summed E-state index contributed by atoms with van der Waals surface area (Å²) in [5, 5.41) is 19.6. The molecule has 4 fully saturated rings. The van der Waals surface area contributed by atoms with Crippen molar-refractivity contribution in [3.8, 4) is 0 Å². The molecule has 5 rings (SSSR count). The Labute approximate surface area is 223 Å². The Morgan fingerprint density at radius 3 is 2.22 bits per heavy atom. The van der Waals surface area contributed by atoms with E-state index in [0.29, 0.717) is 17.8 Å². The highest BCUT2D eigenvalue weighted by atomic mass is 16.5. The van der Waals surface area contributed by atoms with E-state index in [1.807, 2.05) is 6.92 Å². The first-order valence-corrected chi connectivity index (χ1v) is 14.8. The number of carbonyl (C=O) groups is 2. The van der Waals surface area contributed by atoms with E-state index in [0.717, 1.165) is 57.8 Å². The van der Waals surface area contributed by atoms with Crippen molar-refractivity contribution in [1.29, 1.82) is 0 Å². The molecule has 208 valence electrons. The van der Waals surface area contributed by atoms with Crippen molar-refractivity contribution < 1.29 is 24.5 Å². The topological polar surface area (TPSA) is 83.8 Å². The van der Waals surface area contributed by atoms with Gasteiger partial charge in [0.2, 0.25) is 0 Å². The van der Waals surface area contributed by atoms with Crippen LogP contribution in [0.15, 0.2) is 11.6 Å². The molecule has 0 heterocycles. The van der Waals surface area contributed by atoms with Crippen LogP contribution in [0.25, 0.3) is 0 Å². The van der Waals surface area contributed by atoms with Gasteiger partial charge in [0.1, 0.15) is 6.61 Å². The van der Waals surface area contributed by atoms with Crippen molar-refractivity contribution in [1.82, 2.24) is 0 Å². The van der Waals surface area contributed by atoms with Crippen LogP contribution in [0.5, 0.6) is 0 Å². The van der Waals surface area contributed by atoms with Crippen LogP contribution in [0.4, 0.5) is 0 Å². The number of hydrogen-bond donors (Lipinski definition) is 2. The Morgan fingerprint density at radius 2 is 1.57 bits per heavy atom. The summed E-state index contributed by atoms with van der Waals surface area (Å²) < 4.78 is 6.24. The number of aliphatic carboxylic acids is 2. The van der Waals surface area contributed by atoms with Crippen LogP contribution >= 0.6 is 0 Å². The van der Waals surface area contributed by atoms with E-state index in [2.05, 4.69) is 47.6 Å². The molecule has 0 spiro atoms. The number of rotatable bonds is 4. The van der Waals surface area contributed by atoms with Crippen molar-refractivity contribution >= 4 is 11.9 Å². The molecule has 2 N–H and O–H groups in total. The smallest absolute Gasteiger partial charge is 0.329 e. The largest absolute Gasteiger partial charge is 0.481 e. The fourth-order valence-corrected chi connectivity index (χ4v) is 10.9. The normalized spacial score (nSPS) is 50.5. The minimum atomic E-state index is -0.883. The summed E-state index contributed by atoms with van der Waals surface area (Å²) in [6.07, 6.45) is 12.7. The second-order valence-corrected chi connectivity index (χ2v) is 15.7. The summed E-state index contributed by atoms with van der Waals surface area (Å²) in [7, 11) is 0. The van der Waals surface area contributed by atoms with Crippen LogP contribution in [0, 0.1) is 50.2 Å². The van der Waals surface area contributed by atoms with Gasteiger partial charge in [-0.1, -0.05) is 53.2 Å². The first kappa shape index (κ1) is 27.2. The summed E-state index contributed by atoms with van der Waals surface area (Å²) in [4.78, 5) is 23.8. The summed E-state index contributed by atoms with van der Waals surface area (Å²) in [5.74, 6) is -0.274. The quantitative estimate of drug-likeness (QED) is 0.383. The monoisotopic (exact) mass is 514 g/mol. The second-order valence-electron chi connectivity index (χ2n) is 15.7. The van der Waals surface area contributed by atoms with Gasteiger partial charge in [0, 0.05) is 5.41 Å². The predicted molar refractivity (Wildman–Crippen MR) is 144 cm³/mol. The van der Waals surface area contributed by atoms with Crippen molar-refractivity contribution in [2.75, 3.05) is 6.61 Å². The predicted octanol–water partition coefficient (Wildman–Crippen LogP) is 7.34. The molecule has 5 aliphatic carbocycles. The van der Waals surface area contributed by atoms with Gasteiger partial charge in [-0.2, -0.15) is 0 Å². The fraction of sp³-hybridized carbons (Fsp3) is 0.875. The number of carboxylic acid groups (broad SMARTS) is 2. The average Bonchev–Trinajstić information content (AvgIpc) is 2.79. The number of fused-ring (bicyclic) bond motifs is 7. The zero-order chi connectivity index (χ0) is 27.2. The molecular weight excluding hydrogens is 464 g/mol. The van der Waals surface area contributed by atoms with Gasteiger partial charge in [0.05, 0.1) is 11.5 Å². The van der Waals surface area contributed by atoms with Crippen LogP contribution < -0.4 is 0 Å². The number of hydrogen-bond acceptors (Lipinski definition) is 3. The SMILES string of the molecule is CC1(C)CCC(OCC(=O)O)[C@]2(C)[C@H]3CC=C4[C@@H]5C[C@@](C)(C(=O)O)CC[C@]5(C)CC[C@@]4(C)[C@]3(C)CC[C@@H]12. The maximum atomic E-state index is 12.3. The lowest BCUT2D eigenvalue weighted by Crippen LogP contribution is -2.66. The van der Waals surface area contributed by atoms with Gasteiger partial charge in [-0.05, 0) is 111 Å². The molecule has 0 aliphatic heterocycles. The van der Waals surface area contributed by atoms with Crippen molar-refractivity contribution in [3.63, 3.8) is 0 Å². The maximum absolute atomic E-state index is 12.3. The Hall–Kier alpha value is -1.36. The van der Waals surface area contributed by atoms with Crippen molar-refractivity contribution in [2.45, 2.75) is 119 Å². The molecule has 37 heavy (non-hydrogen) atoms. The highest BCUT2D eigenvalue weighted by Gasteiger charge is 2.69. The summed E-state index contributed by atoms with van der Waals surface area (Å²) >= 11 is 0. The van der Waals surface area contributed by atoms with Gasteiger partial charge in [0.15, 0.2) is 0 Å². The third-order valence-corrected chi connectivity index (χ3v) is 13.6. The van der Waals surface area contributed by atoms with Gasteiger partial charge in [-0.25, -0.2) is 4.79 Å². The van der Waals surface area contributed by atoms with Gasteiger partial charge in [-0.15, -0.1) is 0 Å². The van der Waals surface area contributed by atoms with E-state index in [-0.39, 0.29) is 39.8 Å². The summed E-state index contributed by atoms with van der Waals surface area (Å²) in [6.45, 7) is 16.5. The molecule has 0 aromatic heterocycles. The Bertz CT molecular complexity index is 1010. The standard InChI is InChI=1S/C32H50O5/c1-27(2)12-11-24(37-19-25(33)34)32(7)22(27)10-13-31(6)23(32)9-8-20-21-18-29(4,26(35)36)15-14-28(21,3)16-17-30(20,31)5/h8,21-24H,9-19H2,1-7H3,(H,33,34)(H,35,36)/t21-,22-,23-,24?,28+,29-,30+,31+,32-/m0/s1. The molecule has 1 unspecified atom stereocenters. The van der Waals surface area contributed by atoms with Crippen molar-refractivity contribution in [3.05, 3.63) is 11.6 Å². The molecule has 0 saturated heterocycles. The van der Waals surface area contributed by atoms with Gasteiger partial charge in [-0.3, -0.25) is 4.79 Å². The van der Waals surface area contributed by atoms with Crippen LogP contribution in [0.2, 0.25) is 0 Å². The molecule has 0 radical (unpaired) electrons. The molecule has 0 bridgehead atoms. The minimum absolute atomic E-state index is 0.0315. The Balaban J connectivity index is 1.58. The van der Waals surface area contributed by atoms with E-state index >= 15 is 0 Å². The number of carboxylic acids is 2. The van der Waals surface area contributed by atoms with Crippen LogP contribution in [0.1, 0.15) is 113 Å². The molecule has 0 aromatic rings. The van der Waals surface area contributed by atoms with Crippen LogP contribution in [0.3, 0.4) is 0 Å². The van der Waals surface area contributed by atoms with Gasteiger partial charge >= 0.3 is 11.9 Å². The zero-order valence-electron chi connectivity index (χ0n) is 24.3. The molecule has 5 aliphatic rings. The Kier molecular flexibility index (Phi) is 6.12. The number of allylic oxidation sites excluding steroid dienone is 2. The lowest BCUT2D eigenvalue weighted by atomic mass is 9.33. The molecule has 0 aromatic carbocycles. The molecule has 5 heteroatoms. The third-order valence-electron chi connectivity index (χ3n) is 13.6. The van der Waals surface area contributed by atoms with E-state index < -0.39 is 17.4 Å². The van der Waals surface area contributed by atoms with E-state index in [4.69, 9.17) is 4.74 Å². The van der Waals surface area contributed by atoms with E-state index in [1.165, 1.54) is 6.42 Å². The van der Waals surface area contributed by atoms with Crippen LogP contribution in [-0.2, 0) is 14.3 Å². The van der Waals surface area contributed by atoms with E-state index in [1.54, 1.807) is 5.57 Å². The first-order chi connectivity index (χ1) is 17.0. The molecule has 0 amide bonds. The highest BCUT2D eigenvalue weighted by molar-refractivity contribution is 5.74. The fourth-order valence-electron chi connectivity index (χ4n) is 10.9. The number of ether oxygens (including phenoxy) is 1. The molecule has 9 atom stereocenters. The van der Waals surface area contributed by atoms with Gasteiger partial charge < -0.3 is 14.9 Å². The first-order valence-electron chi connectivity index (χ1n) is 14.8. The molecular formula is C32H50O5. The highest BCUT2D eigenvalue weighted by Crippen LogP contribution is 2.75. The molecule has 5 nitrogen and oxygen atoms in total. The lowest BCUT2D eigenvalue weighted by Gasteiger charge is -2.72. The summed E-state index contributed by atoms with van der Waals surface area (Å²) in [6, 6.07) is 0. The average molecular weight is 515 g/mol. The van der Waals surface area contributed by atoms with Crippen LogP contribution in [-0.4, -0.2) is 34.9 Å². The third kappa shape index (κ3) is 3.64. The second kappa shape index (κ2) is 8.32. The molecule has 4 saturated carbocycles. The maximum Gasteiger partial charge on any atom is 0.329 e. The van der Waals surface area contributed by atoms with E-state index in [9.17, 15) is 19.8 Å².